The van der Waals surface area contributed by atoms with Gasteiger partial charge in [0.15, 0.2) is 0 Å². The molecule has 0 bridgehead atoms. The third-order valence-electron chi connectivity index (χ3n) is 1.74. The topological polar surface area (TPSA) is 176 Å². The smallest absolute Gasteiger partial charge is 0.394 e. The summed E-state index contributed by atoms with van der Waals surface area (Å²) in [5.41, 5.74) is 0. The molecule has 0 aromatic carbocycles. The number of aliphatic carboxylic acids is 1. The minimum Gasteiger partial charge on any atom is -0.481 e. The van der Waals surface area contributed by atoms with Crippen LogP contribution in [-0.2, 0) is 34.4 Å². The first-order chi connectivity index (χ1) is 9.00. The van der Waals surface area contributed by atoms with Crippen LogP contribution < -0.4 is 0 Å². The van der Waals surface area contributed by atoms with Crippen LogP contribution in [0.15, 0.2) is 0 Å². The predicted octanol–water partition coefficient (Wildman–Crippen LogP) is -1.19. The predicted molar refractivity (Wildman–Crippen MR) is 58.2 cm³/mol. The lowest BCUT2D eigenvalue weighted by atomic mass is 10.3. The van der Waals surface area contributed by atoms with E-state index in [4.69, 9.17) is 22.6 Å². The highest BCUT2D eigenvalue weighted by Crippen LogP contribution is 2.12. The SMILES string of the molecule is O=C(O)CCC(=O)ON1C(=O)CCC1=O.O=S(=O)(O)O. The normalized spacial score (nSPS) is 14.6. The number of hydrogen-bond acceptors (Lipinski definition) is 7. The number of nitrogens with zero attached hydrogens (tertiary/aromatic N) is 1. The van der Waals surface area contributed by atoms with E-state index in [1.54, 1.807) is 0 Å². The third-order valence-corrected chi connectivity index (χ3v) is 1.74. The van der Waals surface area contributed by atoms with E-state index >= 15 is 0 Å². The number of carboxylic acid groups (broad SMARTS) is 1. The van der Waals surface area contributed by atoms with Gasteiger partial charge in [-0.3, -0.25) is 23.5 Å². The van der Waals surface area contributed by atoms with Gasteiger partial charge in [0.05, 0.1) is 12.8 Å². The Labute approximate surface area is 112 Å². The number of carbonyl (C=O) groups is 4. The van der Waals surface area contributed by atoms with Crippen molar-refractivity contribution in [3.63, 3.8) is 0 Å². The summed E-state index contributed by atoms with van der Waals surface area (Å²) in [7, 11) is -4.67. The van der Waals surface area contributed by atoms with E-state index < -0.39 is 40.6 Å². The van der Waals surface area contributed by atoms with Crippen LogP contribution in [0.5, 0.6) is 0 Å². The van der Waals surface area contributed by atoms with Crippen LogP contribution >= 0.6 is 0 Å². The van der Waals surface area contributed by atoms with E-state index in [0.29, 0.717) is 5.06 Å². The molecule has 2 amide bonds. The fraction of sp³-hybridized carbons (Fsp3) is 0.500. The van der Waals surface area contributed by atoms with Gasteiger partial charge in [-0.1, -0.05) is 0 Å². The summed E-state index contributed by atoms with van der Waals surface area (Å²) in [5, 5.41) is 8.66. The Bertz CT molecular complexity index is 485. The molecule has 12 heteroatoms. The molecule has 1 saturated heterocycles. The first-order valence-corrected chi connectivity index (χ1v) is 6.38. The quantitative estimate of drug-likeness (QED) is 0.422. The Morgan fingerprint density at radius 2 is 1.50 bits per heavy atom. The molecule has 1 aliphatic rings. The van der Waals surface area contributed by atoms with E-state index in [9.17, 15) is 19.2 Å². The van der Waals surface area contributed by atoms with Gasteiger partial charge in [0, 0.05) is 12.8 Å². The number of hydrogen-bond donors (Lipinski definition) is 3. The first kappa shape index (κ1) is 17.9. The average Bonchev–Trinajstić information content (AvgIpc) is 2.56. The second kappa shape index (κ2) is 7.52. The van der Waals surface area contributed by atoms with Crippen LogP contribution in [0.1, 0.15) is 25.7 Å². The maximum absolute atomic E-state index is 11.0. The second-order valence-corrected chi connectivity index (χ2v) is 4.28. The molecule has 0 aromatic rings. The average molecular weight is 313 g/mol. The lowest BCUT2D eigenvalue weighted by Gasteiger charge is -2.11. The Balaban J connectivity index is 0.000000621. The summed E-state index contributed by atoms with van der Waals surface area (Å²) >= 11 is 0. The number of hydroxylamine groups is 2. The van der Waals surface area contributed by atoms with E-state index in [0.717, 1.165) is 0 Å². The van der Waals surface area contributed by atoms with E-state index in [1.807, 2.05) is 0 Å². The maximum Gasteiger partial charge on any atom is 0.394 e. The van der Waals surface area contributed by atoms with E-state index in [2.05, 4.69) is 4.84 Å². The Kier molecular flexibility index (Phi) is 6.75. The highest BCUT2D eigenvalue weighted by Gasteiger charge is 2.32. The highest BCUT2D eigenvalue weighted by atomic mass is 32.3. The molecule has 1 fully saturated rings. The van der Waals surface area contributed by atoms with E-state index in [-0.39, 0.29) is 19.3 Å². The van der Waals surface area contributed by atoms with Gasteiger partial charge in [0.2, 0.25) is 0 Å². The standard InChI is InChI=1S/C8H9NO6.H2O4S/c10-5-1-2-6(11)9(5)15-8(14)4-3-7(12)13;1-5(2,3)4/h1-4H2,(H,12,13);(H2,1,2,3,4). The molecule has 20 heavy (non-hydrogen) atoms. The summed E-state index contributed by atoms with van der Waals surface area (Å²) in [6.07, 6.45) is -0.725. The molecule has 1 aliphatic heterocycles. The van der Waals surface area contributed by atoms with Gasteiger partial charge < -0.3 is 9.94 Å². The number of carboxylic acids is 1. The Hall–Kier alpha value is -2.05. The molecule has 3 N–H and O–H groups in total. The lowest BCUT2D eigenvalue weighted by Crippen LogP contribution is -2.32. The molecule has 11 nitrogen and oxygen atoms in total. The molecular formula is C8H11NO10S. The molecule has 114 valence electrons. The van der Waals surface area contributed by atoms with Gasteiger partial charge in [-0.2, -0.15) is 8.42 Å². The van der Waals surface area contributed by atoms with Crippen molar-refractivity contribution < 1.29 is 46.6 Å². The molecule has 0 unspecified atom stereocenters. The van der Waals surface area contributed by atoms with Gasteiger partial charge in [-0.05, 0) is 0 Å². The zero-order chi connectivity index (χ0) is 15.9. The van der Waals surface area contributed by atoms with Crippen molar-refractivity contribution in [3.8, 4) is 0 Å². The fourth-order valence-electron chi connectivity index (χ4n) is 1.01. The van der Waals surface area contributed by atoms with Crippen LogP contribution in [0.25, 0.3) is 0 Å². The first-order valence-electron chi connectivity index (χ1n) is 4.99. The number of imide groups is 1. The van der Waals surface area contributed by atoms with Crippen molar-refractivity contribution in [1.82, 2.24) is 5.06 Å². The molecule has 1 rings (SSSR count). The van der Waals surface area contributed by atoms with Crippen molar-refractivity contribution in [2.75, 3.05) is 0 Å². The minimum absolute atomic E-state index is 0.0189. The van der Waals surface area contributed by atoms with Gasteiger partial charge in [0.25, 0.3) is 11.8 Å². The van der Waals surface area contributed by atoms with Crippen molar-refractivity contribution in [2.24, 2.45) is 0 Å². The fourth-order valence-corrected chi connectivity index (χ4v) is 1.01. The number of carbonyl (C=O) groups excluding carboxylic acids is 3. The highest BCUT2D eigenvalue weighted by molar-refractivity contribution is 7.79. The summed E-state index contributed by atoms with van der Waals surface area (Å²) < 4.78 is 31.6. The van der Waals surface area contributed by atoms with Gasteiger partial charge in [-0.25, -0.2) is 4.79 Å². The minimum atomic E-state index is -4.67. The van der Waals surface area contributed by atoms with Gasteiger partial charge in [-0.15, -0.1) is 5.06 Å². The third kappa shape index (κ3) is 8.96. The summed E-state index contributed by atoms with van der Waals surface area (Å²) in [6, 6.07) is 0. The monoisotopic (exact) mass is 313 g/mol. The molecule has 0 aromatic heterocycles. The largest absolute Gasteiger partial charge is 0.481 e. The Morgan fingerprint density at radius 1 is 1.10 bits per heavy atom. The van der Waals surface area contributed by atoms with Gasteiger partial charge in [0.1, 0.15) is 0 Å². The molecular weight excluding hydrogens is 302 g/mol. The summed E-state index contributed by atoms with van der Waals surface area (Å²) in [6.45, 7) is 0. The molecule has 0 atom stereocenters. The molecule has 1 heterocycles. The van der Waals surface area contributed by atoms with Crippen LogP contribution in [0.2, 0.25) is 0 Å². The summed E-state index contributed by atoms with van der Waals surface area (Å²) in [5.74, 6) is -3.21. The van der Waals surface area contributed by atoms with E-state index in [1.165, 1.54) is 0 Å². The van der Waals surface area contributed by atoms with Crippen molar-refractivity contribution >= 4 is 34.2 Å². The van der Waals surface area contributed by atoms with Crippen molar-refractivity contribution in [1.29, 1.82) is 0 Å². The molecule has 0 radical (unpaired) electrons. The van der Waals surface area contributed by atoms with Crippen molar-refractivity contribution in [3.05, 3.63) is 0 Å². The number of rotatable bonds is 4. The zero-order valence-electron chi connectivity index (χ0n) is 9.88. The summed E-state index contributed by atoms with van der Waals surface area (Å²) in [4.78, 5) is 47.4. The zero-order valence-corrected chi connectivity index (χ0v) is 10.7. The van der Waals surface area contributed by atoms with Gasteiger partial charge >= 0.3 is 22.3 Å². The Morgan fingerprint density at radius 3 is 1.85 bits per heavy atom. The van der Waals surface area contributed by atoms with Crippen LogP contribution in [0.3, 0.4) is 0 Å². The molecule has 0 aliphatic carbocycles. The second-order valence-electron chi connectivity index (χ2n) is 3.39. The number of amides is 2. The lowest BCUT2D eigenvalue weighted by molar-refractivity contribution is -0.197. The molecule has 0 spiro atoms. The van der Waals surface area contributed by atoms with Crippen LogP contribution in [0.4, 0.5) is 0 Å². The molecule has 0 saturated carbocycles. The van der Waals surface area contributed by atoms with Crippen LogP contribution in [-0.4, -0.2) is 51.4 Å². The van der Waals surface area contributed by atoms with Crippen LogP contribution in [0, 0.1) is 0 Å². The maximum atomic E-state index is 11.0. The van der Waals surface area contributed by atoms with Crippen molar-refractivity contribution in [2.45, 2.75) is 25.7 Å².